The van der Waals surface area contributed by atoms with E-state index in [0.717, 1.165) is 12.3 Å². The van der Waals surface area contributed by atoms with Gasteiger partial charge in [0.15, 0.2) is 0 Å². The van der Waals surface area contributed by atoms with Gasteiger partial charge >= 0.3 is 0 Å². The fourth-order valence-corrected chi connectivity index (χ4v) is 3.44. The van der Waals surface area contributed by atoms with E-state index >= 15 is 0 Å². The maximum atomic E-state index is 6.40. The Morgan fingerprint density at radius 3 is 2.29 bits per heavy atom. The Morgan fingerprint density at radius 1 is 1.10 bits per heavy atom. The summed E-state index contributed by atoms with van der Waals surface area (Å²) in [5, 5.41) is 0. The van der Waals surface area contributed by atoms with Crippen molar-refractivity contribution in [2.24, 2.45) is 11.7 Å². The molecule has 0 heterocycles. The van der Waals surface area contributed by atoms with Crippen molar-refractivity contribution < 1.29 is 0 Å². The molecule has 0 amide bonds. The zero-order valence-electron chi connectivity index (χ0n) is 14.2. The van der Waals surface area contributed by atoms with E-state index in [-0.39, 0.29) is 11.5 Å². The molecule has 0 aromatic heterocycles. The summed E-state index contributed by atoms with van der Waals surface area (Å²) in [6, 6.07) is 9.26. The molecule has 21 heavy (non-hydrogen) atoms. The van der Waals surface area contributed by atoms with Crippen molar-refractivity contribution in [2.45, 2.75) is 83.6 Å². The number of hydrogen-bond donors (Lipinski definition) is 1. The average molecular weight is 287 g/mol. The van der Waals surface area contributed by atoms with Crippen molar-refractivity contribution >= 4 is 0 Å². The van der Waals surface area contributed by atoms with Gasteiger partial charge in [-0.3, -0.25) is 0 Å². The minimum absolute atomic E-state index is 0.214. The fourth-order valence-electron chi connectivity index (χ4n) is 3.44. The van der Waals surface area contributed by atoms with Gasteiger partial charge in [-0.25, -0.2) is 0 Å². The molecule has 0 aliphatic heterocycles. The Morgan fingerprint density at radius 2 is 1.71 bits per heavy atom. The first-order valence-corrected chi connectivity index (χ1v) is 8.89. The molecule has 118 valence electrons. The summed E-state index contributed by atoms with van der Waals surface area (Å²) in [4.78, 5) is 0. The molecular weight excluding hydrogens is 254 g/mol. The lowest BCUT2D eigenvalue weighted by atomic mass is 9.81. The summed E-state index contributed by atoms with van der Waals surface area (Å²) in [5.41, 5.74) is 9.40. The van der Waals surface area contributed by atoms with Crippen LogP contribution in [-0.2, 0) is 5.41 Å². The standard InChI is InChI=1S/C20H33N/c1-4-20(2,3)18-13-11-17(12-14-18)19(21)15-10-16-8-6-5-7-9-16/h11-14,16,19H,4-10,15,21H2,1-3H3. The predicted molar refractivity (Wildman–Crippen MR) is 92.5 cm³/mol. The van der Waals surface area contributed by atoms with Crippen molar-refractivity contribution in [1.82, 2.24) is 0 Å². The van der Waals surface area contributed by atoms with Crippen LogP contribution in [0, 0.1) is 5.92 Å². The number of rotatable bonds is 6. The highest BCUT2D eigenvalue weighted by molar-refractivity contribution is 5.29. The Balaban J connectivity index is 1.88. The van der Waals surface area contributed by atoms with E-state index in [1.54, 1.807) is 0 Å². The smallest absolute Gasteiger partial charge is 0.0294 e. The summed E-state index contributed by atoms with van der Waals surface area (Å²) >= 11 is 0. The van der Waals surface area contributed by atoms with Crippen LogP contribution >= 0.6 is 0 Å². The Bertz CT molecular complexity index is 412. The summed E-state index contributed by atoms with van der Waals surface area (Å²) in [6.45, 7) is 6.87. The highest BCUT2D eigenvalue weighted by atomic mass is 14.6. The van der Waals surface area contributed by atoms with Crippen LogP contribution in [0.5, 0.6) is 0 Å². The third kappa shape index (κ3) is 4.57. The lowest BCUT2D eigenvalue weighted by Gasteiger charge is -2.25. The summed E-state index contributed by atoms with van der Waals surface area (Å²) in [5.74, 6) is 0.933. The summed E-state index contributed by atoms with van der Waals surface area (Å²) in [7, 11) is 0. The molecule has 1 aromatic carbocycles. The molecule has 1 atom stereocenters. The van der Waals surface area contributed by atoms with Crippen LogP contribution in [0.3, 0.4) is 0 Å². The Labute approximate surface area is 131 Å². The van der Waals surface area contributed by atoms with Gasteiger partial charge < -0.3 is 5.73 Å². The van der Waals surface area contributed by atoms with Crippen molar-refractivity contribution in [1.29, 1.82) is 0 Å². The van der Waals surface area contributed by atoms with E-state index in [0.29, 0.717) is 0 Å². The number of hydrogen-bond acceptors (Lipinski definition) is 1. The van der Waals surface area contributed by atoms with E-state index < -0.39 is 0 Å². The van der Waals surface area contributed by atoms with Crippen molar-refractivity contribution in [2.75, 3.05) is 0 Å². The maximum Gasteiger partial charge on any atom is 0.0294 e. The van der Waals surface area contributed by atoms with Crippen LogP contribution in [0.15, 0.2) is 24.3 Å². The zero-order valence-corrected chi connectivity index (χ0v) is 14.2. The van der Waals surface area contributed by atoms with Crippen LogP contribution < -0.4 is 5.73 Å². The second-order valence-corrected chi connectivity index (χ2v) is 7.55. The van der Waals surface area contributed by atoms with Crippen molar-refractivity contribution in [3.8, 4) is 0 Å². The third-order valence-corrected chi connectivity index (χ3v) is 5.61. The maximum absolute atomic E-state index is 6.40. The lowest BCUT2D eigenvalue weighted by molar-refractivity contribution is 0.324. The van der Waals surface area contributed by atoms with Gasteiger partial charge in [-0.2, -0.15) is 0 Å². The monoisotopic (exact) mass is 287 g/mol. The molecule has 0 bridgehead atoms. The first-order chi connectivity index (χ1) is 10.0. The van der Waals surface area contributed by atoms with Gasteiger partial charge in [-0.1, -0.05) is 77.1 Å². The predicted octanol–water partition coefficient (Wildman–Crippen LogP) is 5.73. The molecule has 0 spiro atoms. The molecule has 1 heteroatoms. The van der Waals surface area contributed by atoms with Crippen LogP contribution in [0.4, 0.5) is 0 Å². The highest BCUT2D eigenvalue weighted by Gasteiger charge is 2.19. The number of nitrogens with two attached hydrogens (primary N) is 1. The van der Waals surface area contributed by atoms with Gasteiger partial charge in [-0.05, 0) is 41.7 Å². The van der Waals surface area contributed by atoms with Gasteiger partial charge in [0.2, 0.25) is 0 Å². The minimum atomic E-state index is 0.214. The summed E-state index contributed by atoms with van der Waals surface area (Å²) < 4.78 is 0. The second-order valence-electron chi connectivity index (χ2n) is 7.55. The molecule has 0 radical (unpaired) electrons. The van der Waals surface area contributed by atoms with Gasteiger partial charge in [0.05, 0.1) is 0 Å². The van der Waals surface area contributed by atoms with Crippen molar-refractivity contribution in [3.63, 3.8) is 0 Å². The molecule has 1 fully saturated rings. The third-order valence-electron chi connectivity index (χ3n) is 5.61. The average Bonchev–Trinajstić information content (AvgIpc) is 2.53. The van der Waals surface area contributed by atoms with E-state index in [1.807, 2.05) is 0 Å². The van der Waals surface area contributed by atoms with Crippen LogP contribution in [0.25, 0.3) is 0 Å². The molecule has 1 aliphatic carbocycles. The van der Waals surface area contributed by atoms with Gasteiger partial charge in [0.25, 0.3) is 0 Å². The minimum Gasteiger partial charge on any atom is -0.324 e. The number of benzene rings is 1. The van der Waals surface area contributed by atoms with Crippen LogP contribution in [0.1, 0.15) is 89.3 Å². The summed E-state index contributed by atoms with van der Waals surface area (Å²) in [6.07, 6.45) is 10.8. The van der Waals surface area contributed by atoms with Crippen LogP contribution in [-0.4, -0.2) is 0 Å². The molecule has 1 aromatic rings. The van der Waals surface area contributed by atoms with Gasteiger partial charge in [0, 0.05) is 6.04 Å². The largest absolute Gasteiger partial charge is 0.324 e. The normalized spacial score (nSPS) is 18.7. The molecule has 1 unspecified atom stereocenters. The second kappa shape index (κ2) is 7.45. The van der Waals surface area contributed by atoms with E-state index in [2.05, 4.69) is 45.0 Å². The Hall–Kier alpha value is -0.820. The fraction of sp³-hybridized carbons (Fsp3) is 0.700. The zero-order chi connectivity index (χ0) is 15.3. The first kappa shape index (κ1) is 16.5. The molecule has 1 nitrogen and oxygen atoms in total. The lowest BCUT2D eigenvalue weighted by Crippen LogP contribution is -2.17. The first-order valence-electron chi connectivity index (χ1n) is 8.89. The van der Waals surface area contributed by atoms with Gasteiger partial charge in [0.1, 0.15) is 0 Å². The van der Waals surface area contributed by atoms with Gasteiger partial charge in [-0.15, -0.1) is 0 Å². The van der Waals surface area contributed by atoms with E-state index in [4.69, 9.17) is 5.73 Å². The Kier molecular flexibility index (Phi) is 5.87. The molecule has 1 saturated carbocycles. The van der Waals surface area contributed by atoms with Crippen molar-refractivity contribution in [3.05, 3.63) is 35.4 Å². The van der Waals surface area contributed by atoms with Crippen LogP contribution in [0.2, 0.25) is 0 Å². The molecule has 2 rings (SSSR count). The molecular formula is C20H33N. The molecule has 0 saturated heterocycles. The highest BCUT2D eigenvalue weighted by Crippen LogP contribution is 2.31. The molecule has 2 N–H and O–H groups in total. The molecule has 1 aliphatic rings. The topological polar surface area (TPSA) is 26.0 Å². The SMILES string of the molecule is CCC(C)(C)c1ccc(C(N)CCC2CCCCC2)cc1. The quantitative estimate of drug-likeness (QED) is 0.710. The van der Waals surface area contributed by atoms with E-state index in [1.165, 1.54) is 56.1 Å². The van der Waals surface area contributed by atoms with E-state index in [9.17, 15) is 0 Å².